The molecule has 2 aromatic carbocycles. The minimum atomic E-state index is -1.35. The van der Waals surface area contributed by atoms with E-state index in [2.05, 4.69) is 41.7 Å². The molecule has 1 unspecified atom stereocenters. The van der Waals surface area contributed by atoms with E-state index < -0.39 is 18.6 Å². The SMILES string of the molecule is NC(CCCCB(O)O)(C(=O)O)[C@H]1C[C@@H](NCc2cccc(-c3ccccc3)c2)C1. The van der Waals surface area contributed by atoms with E-state index in [4.69, 9.17) is 15.8 Å². The van der Waals surface area contributed by atoms with Crippen LogP contribution >= 0.6 is 0 Å². The van der Waals surface area contributed by atoms with E-state index in [-0.39, 0.29) is 18.3 Å². The molecule has 30 heavy (non-hydrogen) atoms. The van der Waals surface area contributed by atoms with Gasteiger partial charge in [-0.1, -0.05) is 61.4 Å². The van der Waals surface area contributed by atoms with Crippen LogP contribution in [0, 0.1) is 5.92 Å². The van der Waals surface area contributed by atoms with Crippen LogP contribution in [0.3, 0.4) is 0 Å². The lowest BCUT2D eigenvalue weighted by Gasteiger charge is -2.45. The molecule has 0 spiro atoms. The van der Waals surface area contributed by atoms with Crippen LogP contribution in [0.5, 0.6) is 0 Å². The smallest absolute Gasteiger partial charge is 0.451 e. The number of hydrogen-bond acceptors (Lipinski definition) is 5. The second-order valence-corrected chi connectivity index (χ2v) is 8.38. The van der Waals surface area contributed by atoms with Gasteiger partial charge < -0.3 is 26.2 Å². The highest BCUT2D eigenvalue weighted by molar-refractivity contribution is 6.40. The number of carbonyl (C=O) groups is 1. The third kappa shape index (κ3) is 5.70. The number of carboxylic acid groups (broad SMARTS) is 1. The van der Waals surface area contributed by atoms with Gasteiger partial charge in [-0.3, -0.25) is 4.79 Å². The Bertz CT molecular complexity index is 827. The number of benzene rings is 2. The van der Waals surface area contributed by atoms with Gasteiger partial charge in [0.2, 0.25) is 0 Å². The molecule has 1 fully saturated rings. The fourth-order valence-electron chi connectivity index (χ4n) is 4.19. The predicted molar refractivity (Wildman–Crippen MR) is 119 cm³/mol. The molecule has 0 aromatic heterocycles. The maximum absolute atomic E-state index is 11.8. The topological polar surface area (TPSA) is 116 Å². The number of unbranched alkanes of at least 4 members (excludes halogenated alkanes) is 1. The lowest BCUT2D eigenvalue weighted by molar-refractivity contribution is -0.148. The van der Waals surface area contributed by atoms with Crippen LogP contribution in [0.4, 0.5) is 0 Å². The number of rotatable bonds is 11. The Morgan fingerprint density at radius 2 is 1.77 bits per heavy atom. The Balaban J connectivity index is 1.48. The van der Waals surface area contributed by atoms with Gasteiger partial charge in [0.15, 0.2) is 0 Å². The molecule has 160 valence electrons. The summed E-state index contributed by atoms with van der Waals surface area (Å²) in [5.41, 5.74) is 8.58. The first kappa shape index (κ1) is 22.5. The Morgan fingerprint density at radius 1 is 1.07 bits per heavy atom. The van der Waals surface area contributed by atoms with Crippen molar-refractivity contribution in [1.82, 2.24) is 5.32 Å². The highest BCUT2D eigenvalue weighted by Crippen LogP contribution is 2.38. The lowest BCUT2D eigenvalue weighted by Crippen LogP contribution is -2.61. The molecule has 0 amide bonds. The van der Waals surface area contributed by atoms with Crippen LogP contribution in [0.15, 0.2) is 54.6 Å². The zero-order valence-electron chi connectivity index (χ0n) is 17.2. The Morgan fingerprint density at radius 3 is 2.43 bits per heavy atom. The van der Waals surface area contributed by atoms with Crippen molar-refractivity contribution in [3.63, 3.8) is 0 Å². The molecule has 1 atom stereocenters. The van der Waals surface area contributed by atoms with Gasteiger partial charge in [-0.2, -0.15) is 0 Å². The van der Waals surface area contributed by atoms with Crippen molar-refractivity contribution in [2.75, 3.05) is 0 Å². The van der Waals surface area contributed by atoms with E-state index in [1.54, 1.807) is 0 Å². The monoisotopic (exact) mass is 410 g/mol. The first-order chi connectivity index (χ1) is 14.4. The highest BCUT2D eigenvalue weighted by atomic mass is 16.4. The molecule has 1 aliphatic rings. The molecule has 0 radical (unpaired) electrons. The molecule has 0 bridgehead atoms. The van der Waals surface area contributed by atoms with Crippen LogP contribution in [0.2, 0.25) is 6.32 Å². The highest BCUT2D eigenvalue weighted by Gasteiger charge is 2.48. The molecule has 6 nitrogen and oxygen atoms in total. The number of aliphatic carboxylic acids is 1. The first-order valence-electron chi connectivity index (χ1n) is 10.6. The van der Waals surface area contributed by atoms with Gasteiger partial charge in [0.25, 0.3) is 0 Å². The van der Waals surface area contributed by atoms with Crippen molar-refractivity contribution in [2.24, 2.45) is 11.7 Å². The zero-order chi connectivity index (χ0) is 21.6. The molecule has 0 saturated heterocycles. The first-order valence-corrected chi connectivity index (χ1v) is 10.6. The van der Waals surface area contributed by atoms with Crippen molar-refractivity contribution >= 4 is 13.1 Å². The summed E-state index contributed by atoms with van der Waals surface area (Å²) in [5.74, 6) is -1.03. The Kier molecular flexibility index (Phi) is 7.66. The number of hydrogen-bond donors (Lipinski definition) is 5. The fourth-order valence-corrected chi connectivity index (χ4v) is 4.19. The normalized spacial score (nSPS) is 20.2. The van der Waals surface area contributed by atoms with Crippen LogP contribution in [0.25, 0.3) is 11.1 Å². The predicted octanol–water partition coefficient (Wildman–Crippen LogP) is 2.65. The molecular weight excluding hydrogens is 379 g/mol. The fraction of sp³-hybridized carbons (Fsp3) is 0.435. The summed E-state index contributed by atoms with van der Waals surface area (Å²) >= 11 is 0. The summed E-state index contributed by atoms with van der Waals surface area (Å²) in [5, 5.41) is 31.0. The molecule has 0 aliphatic heterocycles. The van der Waals surface area contributed by atoms with Gasteiger partial charge in [0.05, 0.1) is 0 Å². The standard InChI is InChI=1S/C23H31BN2O4/c25-23(22(27)28,11-4-5-12-24(29)30)20-14-21(15-20)26-16-17-7-6-10-19(13-17)18-8-2-1-3-9-18/h1-3,6-10,13,20-21,26,29-30H,4-5,11-12,14-16,25H2,(H,27,28)/t20-,21+,23?. The molecule has 3 rings (SSSR count). The molecule has 1 aliphatic carbocycles. The average Bonchev–Trinajstić information content (AvgIpc) is 2.70. The van der Waals surface area contributed by atoms with Crippen LogP contribution in [0.1, 0.15) is 37.7 Å². The van der Waals surface area contributed by atoms with Crippen molar-refractivity contribution in [1.29, 1.82) is 0 Å². The molecule has 2 aromatic rings. The summed E-state index contributed by atoms with van der Waals surface area (Å²) in [6.45, 7) is 0.733. The second-order valence-electron chi connectivity index (χ2n) is 8.38. The molecule has 7 heteroatoms. The van der Waals surface area contributed by atoms with Gasteiger partial charge in [-0.05, 0) is 54.3 Å². The zero-order valence-corrected chi connectivity index (χ0v) is 17.2. The number of carboxylic acids is 1. The average molecular weight is 410 g/mol. The van der Waals surface area contributed by atoms with Gasteiger partial charge in [0, 0.05) is 12.6 Å². The van der Waals surface area contributed by atoms with Crippen molar-refractivity contribution in [3.8, 4) is 11.1 Å². The largest absolute Gasteiger partial charge is 0.480 e. The van der Waals surface area contributed by atoms with Gasteiger partial charge >= 0.3 is 13.1 Å². The van der Waals surface area contributed by atoms with E-state index >= 15 is 0 Å². The summed E-state index contributed by atoms with van der Waals surface area (Å²) in [6, 6.07) is 18.9. The number of nitrogens with one attached hydrogen (secondary N) is 1. The third-order valence-electron chi connectivity index (χ3n) is 6.20. The summed E-state index contributed by atoms with van der Waals surface area (Å²) in [6.07, 6.45) is 3.20. The van der Waals surface area contributed by atoms with Crippen LogP contribution in [-0.4, -0.2) is 39.8 Å². The molecule has 6 N–H and O–H groups in total. The number of nitrogens with two attached hydrogens (primary N) is 1. The summed E-state index contributed by atoms with van der Waals surface area (Å²) in [4.78, 5) is 11.8. The Hall–Kier alpha value is -2.19. The van der Waals surface area contributed by atoms with E-state index in [0.29, 0.717) is 19.3 Å². The second kappa shape index (κ2) is 10.2. The maximum atomic E-state index is 11.8. The van der Waals surface area contributed by atoms with Crippen molar-refractivity contribution in [3.05, 3.63) is 60.2 Å². The van der Waals surface area contributed by atoms with E-state index in [1.165, 1.54) is 16.7 Å². The van der Waals surface area contributed by atoms with Crippen LogP contribution < -0.4 is 11.1 Å². The molecule has 1 saturated carbocycles. The molecular formula is C23H31BN2O4. The third-order valence-corrected chi connectivity index (χ3v) is 6.20. The van der Waals surface area contributed by atoms with Crippen LogP contribution in [-0.2, 0) is 11.3 Å². The maximum Gasteiger partial charge on any atom is 0.451 e. The Labute approximate surface area is 178 Å². The van der Waals surface area contributed by atoms with E-state index in [9.17, 15) is 9.90 Å². The summed E-state index contributed by atoms with van der Waals surface area (Å²) < 4.78 is 0. The van der Waals surface area contributed by atoms with Gasteiger partial charge in [0.1, 0.15) is 5.54 Å². The minimum absolute atomic E-state index is 0.0674. The van der Waals surface area contributed by atoms with E-state index in [1.807, 2.05) is 18.2 Å². The lowest BCUT2D eigenvalue weighted by atomic mass is 9.66. The molecule has 0 heterocycles. The van der Waals surface area contributed by atoms with Crippen molar-refractivity contribution < 1.29 is 19.9 Å². The van der Waals surface area contributed by atoms with Crippen molar-refractivity contribution in [2.45, 2.75) is 56.5 Å². The van der Waals surface area contributed by atoms with Gasteiger partial charge in [-0.25, -0.2) is 0 Å². The van der Waals surface area contributed by atoms with Gasteiger partial charge in [-0.15, -0.1) is 0 Å². The quantitative estimate of drug-likeness (QED) is 0.287. The van der Waals surface area contributed by atoms with E-state index in [0.717, 1.165) is 19.4 Å². The summed E-state index contributed by atoms with van der Waals surface area (Å²) in [7, 11) is -1.35. The minimum Gasteiger partial charge on any atom is -0.480 e.